The first kappa shape index (κ1) is 9.63. The van der Waals surface area contributed by atoms with Crippen LogP contribution in [0.5, 0.6) is 5.75 Å². The molecule has 0 aliphatic carbocycles. The van der Waals surface area contributed by atoms with Crippen molar-refractivity contribution >= 4 is 5.91 Å². The number of nitriles is 1. The van der Waals surface area contributed by atoms with E-state index in [-0.39, 0.29) is 11.3 Å². The largest absolute Gasteiger partial charge is 0.507 e. The van der Waals surface area contributed by atoms with E-state index in [1.165, 1.54) is 18.2 Å². The Kier molecular flexibility index (Phi) is 2.73. The van der Waals surface area contributed by atoms with E-state index in [0.717, 1.165) is 0 Å². The summed E-state index contributed by atoms with van der Waals surface area (Å²) in [4.78, 5) is 10.3. The van der Waals surface area contributed by atoms with Crippen LogP contribution in [0.1, 0.15) is 11.1 Å². The molecule has 0 aromatic heterocycles. The molecule has 1 amide bonds. The number of carbonyl (C=O) groups is 1. The number of rotatable bonds is 0. The molecule has 0 fully saturated rings. The number of benzene rings is 1. The Balaban J connectivity index is 3.11. The van der Waals surface area contributed by atoms with E-state index in [2.05, 4.69) is 11.8 Å². The molecule has 4 heteroatoms. The molecule has 0 radical (unpaired) electrons. The van der Waals surface area contributed by atoms with Crippen molar-refractivity contribution in [3.05, 3.63) is 29.3 Å². The van der Waals surface area contributed by atoms with Crippen molar-refractivity contribution in [1.82, 2.24) is 0 Å². The van der Waals surface area contributed by atoms with Crippen molar-refractivity contribution in [2.24, 2.45) is 5.73 Å². The number of primary amides is 1. The number of hydrogen-bond acceptors (Lipinski definition) is 3. The summed E-state index contributed by atoms with van der Waals surface area (Å²) in [7, 11) is 0. The van der Waals surface area contributed by atoms with Crippen molar-refractivity contribution in [1.29, 1.82) is 5.26 Å². The lowest BCUT2D eigenvalue weighted by molar-refractivity contribution is -0.112. The molecule has 0 aliphatic heterocycles. The zero-order valence-electron chi connectivity index (χ0n) is 7.11. The first-order chi connectivity index (χ1) is 6.63. The number of phenolic OH excluding ortho intramolecular Hbond substituents is 1. The van der Waals surface area contributed by atoms with E-state index in [0.29, 0.717) is 5.56 Å². The molecule has 0 saturated heterocycles. The zero-order valence-corrected chi connectivity index (χ0v) is 7.11. The normalized spacial score (nSPS) is 8.21. The Hall–Kier alpha value is -2.46. The van der Waals surface area contributed by atoms with Crippen LogP contribution in [-0.2, 0) is 4.79 Å². The van der Waals surface area contributed by atoms with Crippen LogP contribution in [-0.4, -0.2) is 11.0 Å². The molecule has 1 aromatic rings. The first-order valence-electron chi connectivity index (χ1n) is 3.68. The number of aromatic hydroxyl groups is 1. The predicted octanol–water partition coefficient (Wildman–Crippen LogP) is 0.101. The second-order valence-electron chi connectivity index (χ2n) is 2.46. The van der Waals surface area contributed by atoms with Crippen LogP contribution in [0.3, 0.4) is 0 Å². The number of hydrogen-bond donors (Lipinski definition) is 2. The molecule has 0 heterocycles. The smallest absolute Gasteiger partial charge is 0.293 e. The number of carbonyl (C=O) groups excluding carboxylic acids is 1. The molecule has 0 aliphatic rings. The van der Waals surface area contributed by atoms with Crippen LogP contribution in [0.15, 0.2) is 18.2 Å². The maximum atomic E-state index is 10.3. The SMILES string of the molecule is N#Cc1cc(C#CC(N)=O)ccc1O. The van der Waals surface area contributed by atoms with Gasteiger partial charge in [0.1, 0.15) is 11.8 Å². The fourth-order valence-corrected chi connectivity index (χ4v) is 0.837. The summed E-state index contributed by atoms with van der Waals surface area (Å²) in [5, 5.41) is 17.7. The van der Waals surface area contributed by atoms with Gasteiger partial charge in [-0.3, -0.25) is 4.79 Å². The topological polar surface area (TPSA) is 87.1 Å². The standard InChI is InChI=1S/C10H6N2O2/c11-6-8-5-7(1-3-9(8)13)2-4-10(12)14/h1,3,5,13H,(H2,12,14). The third-order valence-electron chi connectivity index (χ3n) is 1.45. The zero-order chi connectivity index (χ0) is 10.6. The van der Waals surface area contributed by atoms with Crippen molar-refractivity contribution in [3.8, 4) is 23.7 Å². The van der Waals surface area contributed by atoms with Crippen LogP contribution < -0.4 is 5.73 Å². The summed E-state index contributed by atoms with van der Waals surface area (Å²) >= 11 is 0. The number of amides is 1. The molecular formula is C10H6N2O2. The maximum Gasteiger partial charge on any atom is 0.293 e. The van der Waals surface area contributed by atoms with E-state index in [1.807, 2.05) is 0 Å². The van der Waals surface area contributed by atoms with Gasteiger partial charge in [0, 0.05) is 5.56 Å². The van der Waals surface area contributed by atoms with Crippen LogP contribution in [0, 0.1) is 23.2 Å². The average Bonchev–Trinajstić information content (AvgIpc) is 2.16. The second-order valence-corrected chi connectivity index (χ2v) is 2.46. The van der Waals surface area contributed by atoms with Crippen molar-refractivity contribution < 1.29 is 9.90 Å². The number of nitrogens with zero attached hydrogens (tertiary/aromatic N) is 1. The van der Waals surface area contributed by atoms with Gasteiger partial charge in [-0.05, 0) is 24.1 Å². The van der Waals surface area contributed by atoms with E-state index in [4.69, 9.17) is 16.1 Å². The van der Waals surface area contributed by atoms with Gasteiger partial charge in [0.05, 0.1) is 5.56 Å². The molecule has 14 heavy (non-hydrogen) atoms. The second kappa shape index (κ2) is 3.97. The minimum Gasteiger partial charge on any atom is -0.507 e. The predicted molar refractivity (Wildman–Crippen MR) is 48.9 cm³/mol. The molecule has 0 unspecified atom stereocenters. The third-order valence-corrected chi connectivity index (χ3v) is 1.45. The van der Waals surface area contributed by atoms with Crippen molar-refractivity contribution in [3.63, 3.8) is 0 Å². The van der Waals surface area contributed by atoms with Gasteiger partial charge in [0.25, 0.3) is 5.91 Å². The quantitative estimate of drug-likeness (QED) is 0.563. The molecule has 0 spiro atoms. The van der Waals surface area contributed by atoms with Gasteiger partial charge in [0.2, 0.25) is 0 Å². The molecular weight excluding hydrogens is 180 g/mol. The molecule has 1 rings (SSSR count). The summed E-state index contributed by atoms with van der Waals surface area (Å²) in [5.74, 6) is 3.74. The lowest BCUT2D eigenvalue weighted by Gasteiger charge is -1.94. The first-order valence-corrected chi connectivity index (χ1v) is 3.68. The highest BCUT2D eigenvalue weighted by Crippen LogP contribution is 2.16. The van der Waals surface area contributed by atoms with Gasteiger partial charge in [-0.25, -0.2) is 0 Å². The fourth-order valence-electron chi connectivity index (χ4n) is 0.837. The Morgan fingerprint density at radius 3 is 2.79 bits per heavy atom. The van der Waals surface area contributed by atoms with Crippen LogP contribution in [0.2, 0.25) is 0 Å². The van der Waals surface area contributed by atoms with Crippen LogP contribution >= 0.6 is 0 Å². The van der Waals surface area contributed by atoms with Crippen LogP contribution in [0.4, 0.5) is 0 Å². The Morgan fingerprint density at radius 1 is 1.50 bits per heavy atom. The molecule has 0 bridgehead atoms. The maximum absolute atomic E-state index is 10.3. The monoisotopic (exact) mass is 186 g/mol. The number of phenols is 1. The van der Waals surface area contributed by atoms with Gasteiger partial charge in [-0.15, -0.1) is 0 Å². The van der Waals surface area contributed by atoms with E-state index in [9.17, 15) is 4.79 Å². The average molecular weight is 186 g/mol. The molecule has 0 atom stereocenters. The van der Waals surface area contributed by atoms with Gasteiger partial charge in [0.15, 0.2) is 0 Å². The van der Waals surface area contributed by atoms with Crippen LogP contribution in [0.25, 0.3) is 0 Å². The van der Waals surface area contributed by atoms with Crippen molar-refractivity contribution in [2.45, 2.75) is 0 Å². The highest BCUT2D eigenvalue weighted by Gasteiger charge is 1.99. The Morgan fingerprint density at radius 2 is 2.21 bits per heavy atom. The summed E-state index contributed by atoms with van der Waals surface area (Å²) in [6, 6.07) is 6.00. The van der Waals surface area contributed by atoms with E-state index in [1.54, 1.807) is 6.07 Å². The summed E-state index contributed by atoms with van der Waals surface area (Å²) in [6.07, 6.45) is 0. The van der Waals surface area contributed by atoms with Gasteiger partial charge < -0.3 is 10.8 Å². The lowest BCUT2D eigenvalue weighted by atomic mass is 10.1. The molecule has 68 valence electrons. The highest BCUT2D eigenvalue weighted by atomic mass is 16.3. The minimum absolute atomic E-state index is 0.112. The Labute approximate surface area is 80.6 Å². The minimum atomic E-state index is -0.739. The molecule has 0 saturated carbocycles. The van der Waals surface area contributed by atoms with Gasteiger partial charge >= 0.3 is 0 Å². The van der Waals surface area contributed by atoms with E-state index < -0.39 is 5.91 Å². The van der Waals surface area contributed by atoms with Gasteiger partial charge in [-0.1, -0.05) is 5.92 Å². The lowest BCUT2D eigenvalue weighted by Crippen LogP contribution is -2.06. The van der Waals surface area contributed by atoms with E-state index >= 15 is 0 Å². The highest BCUT2D eigenvalue weighted by molar-refractivity contribution is 5.92. The summed E-state index contributed by atoms with van der Waals surface area (Å²) < 4.78 is 0. The van der Waals surface area contributed by atoms with Crippen molar-refractivity contribution in [2.75, 3.05) is 0 Å². The van der Waals surface area contributed by atoms with Gasteiger partial charge in [-0.2, -0.15) is 5.26 Å². The Bertz CT molecular complexity index is 475. The third kappa shape index (κ3) is 2.26. The number of nitrogens with two attached hydrogens (primary N) is 1. The summed E-state index contributed by atoms with van der Waals surface area (Å²) in [5.41, 5.74) is 5.38. The molecule has 4 nitrogen and oxygen atoms in total. The summed E-state index contributed by atoms with van der Waals surface area (Å²) in [6.45, 7) is 0. The fraction of sp³-hybridized carbons (Fsp3) is 0. The molecule has 3 N–H and O–H groups in total. The molecule has 1 aromatic carbocycles.